The quantitative estimate of drug-likeness (QED) is 0.820. The molecule has 1 N–H and O–H groups in total. The summed E-state index contributed by atoms with van der Waals surface area (Å²) in [7, 11) is 0. The van der Waals surface area contributed by atoms with E-state index in [9.17, 15) is 0 Å². The molecule has 0 radical (unpaired) electrons. The number of hydrogen-bond donors (Lipinski definition) is 1. The Balaban J connectivity index is 2.02. The first-order valence-electron chi connectivity index (χ1n) is 5.81. The number of hydrogen-bond acceptors (Lipinski definition) is 4. The fraction of sp³-hybridized carbons (Fsp3) is 0.583. The summed E-state index contributed by atoms with van der Waals surface area (Å²) >= 11 is 0. The van der Waals surface area contributed by atoms with E-state index in [1.54, 1.807) is 12.3 Å². The molecule has 2 rings (SSSR count). The highest BCUT2D eigenvalue weighted by atomic mass is 15.2. The van der Waals surface area contributed by atoms with Crippen molar-refractivity contribution < 1.29 is 0 Å². The van der Waals surface area contributed by atoms with Gasteiger partial charge in [0.2, 0.25) is 0 Å². The Hall–Kier alpha value is -1.63. The maximum atomic E-state index is 8.94. The van der Waals surface area contributed by atoms with E-state index in [1.165, 1.54) is 19.3 Å². The first kappa shape index (κ1) is 10.9. The molecule has 1 unspecified atom stereocenters. The average Bonchev–Trinajstić information content (AvgIpc) is 3.13. The van der Waals surface area contributed by atoms with Crippen molar-refractivity contribution in [1.29, 1.82) is 5.26 Å². The zero-order valence-electron chi connectivity index (χ0n) is 9.48. The summed E-state index contributed by atoms with van der Waals surface area (Å²) in [6, 6.07) is 4.24. The van der Waals surface area contributed by atoms with Crippen molar-refractivity contribution in [2.24, 2.45) is 5.92 Å². The molecular formula is C12H16N4. The lowest BCUT2D eigenvalue weighted by Gasteiger charge is -2.17. The fourth-order valence-electron chi connectivity index (χ4n) is 1.81. The standard InChI is InChI=1S/C12H16N4/c1-2-11(7-9-3-4-9)15-12-10(8-13)5-6-14-16-12/h5-6,9,11H,2-4,7H2,1H3,(H,15,16). The second-order valence-corrected chi connectivity index (χ2v) is 4.33. The number of aromatic nitrogens is 2. The molecule has 1 aliphatic carbocycles. The van der Waals surface area contributed by atoms with Crippen molar-refractivity contribution in [2.45, 2.75) is 38.6 Å². The summed E-state index contributed by atoms with van der Waals surface area (Å²) < 4.78 is 0. The molecule has 84 valence electrons. The van der Waals surface area contributed by atoms with Gasteiger partial charge in [0.25, 0.3) is 0 Å². The van der Waals surface area contributed by atoms with Crippen LogP contribution in [0.1, 0.15) is 38.2 Å². The highest BCUT2D eigenvalue weighted by Gasteiger charge is 2.25. The lowest BCUT2D eigenvalue weighted by Crippen LogP contribution is -2.20. The van der Waals surface area contributed by atoms with E-state index in [4.69, 9.17) is 5.26 Å². The molecule has 1 heterocycles. The molecule has 1 atom stereocenters. The number of rotatable bonds is 5. The van der Waals surface area contributed by atoms with Gasteiger partial charge in [0, 0.05) is 6.04 Å². The maximum Gasteiger partial charge on any atom is 0.166 e. The molecule has 0 spiro atoms. The van der Waals surface area contributed by atoms with Crippen LogP contribution in [-0.2, 0) is 0 Å². The van der Waals surface area contributed by atoms with Gasteiger partial charge in [0.05, 0.1) is 11.8 Å². The van der Waals surface area contributed by atoms with Gasteiger partial charge in [0.15, 0.2) is 5.82 Å². The van der Waals surface area contributed by atoms with E-state index < -0.39 is 0 Å². The van der Waals surface area contributed by atoms with E-state index >= 15 is 0 Å². The second kappa shape index (κ2) is 4.93. The predicted molar refractivity (Wildman–Crippen MR) is 61.8 cm³/mol. The van der Waals surface area contributed by atoms with Crippen LogP contribution in [0, 0.1) is 17.2 Å². The van der Waals surface area contributed by atoms with Crippen molar-refractivity contribution in [1.82, 2.24) is 10.2 Å². The first-order valence-corrected chi connectivity index (χ1v) is 5.81. The van der Waals surface area contributed by atoms with Gasteiger partial charge in [-0.15, -0.1) is 5.10 Å². The zero-order chi connectivity index (χ0) is 11.4. The minimum absolute atomic E-state index is 0.413. The molecule has 0 saturated heterocycles. The van der Waals surface area contributed by atoms with Crippen molar-refractivity contribution >= 4 is 5.82 Å². The molecule has 4 heteroatoms. The number of anilines is 1. The molecular weight excluding hydrogens is 200 g/mol. The maximum absolute atomic E-state index is 8.94. The average molecular weight is 216 g/mol. The third-order valence-corrected chi connectivity index (χ3v) is 2.99. The van der Waals surface area contributed by atoms with Gasteiger partial charge >= 0.3 is 0 Å². The Morgan fingerprint density at radius 2 is 2.44 bits per heavy atom. The zero-order valence-corrected chi connectivity index (χ0v) is 9.48. The van der Waals surface area contributed by atoms with Crippen molar-refractivity contribution in [3.05, 3.63) is 17.8 Å². The molecule has 16 heavy (non-hydrogen) atoms. The summed E-state index contributed by atoms with van der Waals surface area (Å²) in [5, 5.41) is 20.1. The van der Waals surface area contributed by atoms with Crippen molar-refractivity contribution in [3.8, 4) is 6.07 Å². The minimum Gasteiger partial charge on any atom is -0.365 e. The van der Waals surface area contributed by atoms with Crippen LogP contribution < -0.4 is 5.32 Å². The number of nitrogens with one attached hydrogen (secondary N) is 1. The Morgan fingerprint density at radius 3 is 3.06 bits per heavy atom. The van der Waals surface area contributed by atoms with Gasteiger partial charge in [0.1, 0.15) is 6.07 Å². The Morgan fingerprint density at radius 1 is 1.62 bits per heavy atom. The summed E-state index contributed by atoms with van der Waals surface area (Å²) in [4.78, 5) is 0. The van der Waals surface area contributed by atoms with Gasteiger partial charge in [-0.3, -0.25) is 0 Å². The van der Waals surface area contributed by atoms with Crippen LogP contribution in [0.4, 0.5) is 5.82 Å². The van der Waals surface area contributed by atoms with E-state index in [0.717, 1.165) is 12.3 Å². The Kier molecular flexibility index (Phi) is 3.35. The first-order chi connectivity index (χ1) is 7.83. The largest absolute Gasteiger partial charge is 0.365 e. The van der Waals surface area contributed by atoms with E-state index in [2.05, 4.69) is 28.5 Å². The monoisotopic (exact) mass is 216 g/mol. The van der Waals surface area contributed by atoms with Gasteiger partial charge in [-0.25, -0.2) is 0 Å². The smallest absolute Gasteiger partial charge is 0.166 e. The Labute approximate surface area is 95.7 Å². The summed E-state index contributed by atoms with van der Waals surface area (Å²) in [5.41, 5.74) is 0.573. The highest BCUT2D eigenvalue weighted by molar-refractivity contribution is 5.50. The lowest BCUT2D eigenvalue weighted by molar-refractivity contribution is 0.584. The van der Waals surface area contributed by atoms with Crippen LogP contribution in [0.5, 0.6) is 0 Å². The molecule has 1 saturated carbocycles. The van der Waals surface area contributed by atoms with Crippen LogP contribution in [0.15, 0.2) is 12.3 Å². The molecule has 0 amide bonds. The number of nitriles is 1. The van der Waals surface area contributed by atoms with Crippen LogP contribution in [0.25, 0.3) is 0 Å². The molecule has 1 fully saturated rings. The summed E-state index contributed by atoms with van der Waals surface area (Å²) in [5.74, 6) is 1.50. The lowest BCUT2D eigenvalue weighted by atomic mass is 10.1. The normalized spacial score (nSPS) is 16.5. The van der Waals surface area contributed by atoms with Crippen molar-refractivity contribution in [3.63, 3.8) is 0 Å². The molecule has 0 bridgehead atoms. The van der Waals surface area contributed by atoms with Crippen LogP contribution >= 0.6 is 0 Å². The van der Waals surface area contributed by atoms with Gasteiger partial charge < -0.3 is 5.32 Å². The molecule has 4 nitrogen and oxygen atoms in total. The summed E-state index contributed by atoms with van der Waals surface area (Å²) in [6.07, 6.45) is 6.48. The molecule has 0 aromatic carbocycles. The van der Waals surface area contributed by atoms with Crippen molar-refractivity contribution in [2.75, 3.05) is 5.32 Å². The topological polar surface area (TPSA) is 61.6 Å². The third kappa shape index (κ3) is 2.69. The van der Waals surface area contributed by atoms with Gasteiger partial charge in [-0.05, 0) is 24.8 Å². The second-order valence-electron chi connectivity index (χ2n) is 4.33. The molecule has 0 aliphatic heterocycles. The van der Waals surface area contributed by atoms with E-state index in [1.807, 2.05) is 0 Å². The SMILES string of the molecule is CCC(CC1CC1)Nc1nnccc1C#N. The van der Waals surface area contributed by atoms with Gasteiger partial charge in [-0.1, -0.05) is 19.8 Å². The van der Waals surface area contributed by atoms with Gasteiger partial charge in [-0.2, -0.15) is 10.4 Å². The van der Waals surface area contributed by atoms with Crippen LogP contribution in [-0.4, -0.2) is 16.2 Å². The Bertz CT molecular complexity index is 392. The number of nitrogens with zero attached hydrogens (tertiary/aromatic N) is 3. The fourth-order valence-corrected chi connectivity index (χ4v) is 1.81. The molecule has 1 aromatic rings. The minimum atomic E-state index is 0.413. The van der Waals surface area contributed by atoms with E-state index in [0.29, 0.717) is 17.4 Å². The third-order valence-electron chi connectivity index (χ3n) is 2.99. The van der Waals surface area contributed by atoms with Crippen LogP contribution in [0.2, 0.25) is 0 Å². The summed E-state index contributed by atoms with van der Waals surface area (Å²) in [6.45, 7) is 2.16. The molecule has 1 aromatic heterocycles. The van der Waals surface area contributed by atoms with E-state index in [-0.39, 0.29) is 0 Å². The predicted octanol–water partition coefficient (Wildman–Crippen LogP) is 2.34. The molecule has 1 aliphatic rings. The highest BCUT2D eigenvalue weighted by Crippen LogP contribution is 2.34. The van der Waals surface area contributed by atoms with Crippen LogP contribution in [0.3, 0.4) is 0 Å².